The standard InChI is InChI=1S/Ir.4O.Os/q+4;4*-2;+4. The average molecular weight is 446 g/mol. The summed E-state index contributed by atoms with van der Waals surface area (Å²) in [7, 11) is 0. The SMILES string of the molecule is [Ir+4].[O-2].[O-2].[O-2].[O-2].[Os+4]. The molecule has 0 aliphatic rings. The third-order valence-electron chi connectivity index (χ3n) is 0. The molecule has 0 saturated carbocycles. The first-order valence-corrected chi connectivity index (χ1v) is 0. The summed E-state index contributed by atoms with van der Waals surface area (Å²) in [6.45, 7) is 0. The molecule has 0 atom stereocenters. The molecule has 0 aromatic carbocycles. The van der Waals surface area contributed by atoms with E-state index < -0.39 is 0 Å². The molecule has 0 spiro atoms. The van der Waals surface area contributed by atoms with Crippen LogP contribution in [0, 0.1) is 0 Å². The normalized spacial score (nSPS) is 0. The fraction of sp³-hybridized carbons (Fsp3) is 0. The largest absolute Gasteiger partial charge is 4.00 e. The van der Waals surface area contributed by atoms with Crippen LogP contribution in [0.3, 0.4) is 0 Å². The number of hydrogen-bond donors (Lipinski definition) is 0. The molecule has 0 aromatic heterocycles. The van der Waals surface area contributed by atoms with Crippen molar-refractivity contribution in [1.82, 2.24) is 0 Å². The molecule has 41 valence electrons. The van der Waals surface area contributed by atoms with Crippen molar-refractivity contribution in [2.45, 2.75) is 0 Å². The van der Waals surface area contributed by atoms with Gasteiger partial charge in [0.1, 0.15) is 0 Å². The molecule has 4 nitrogen and oxygen atoms in total. The molecule has 6 heteroatoms. The summed E-state index contributed by atoms with van der Waals surface area (Å²) >= 11 is 0. The second kappa shape index (κ2) is 127. The first-order chi connectivity index (χ1) is 0. The van der Waals surface area contributed by atoms with Crippen molar-refractivity contribution >= 4 is 0 Å². The molecule has 0 bridgehead atoms. The Kier molecular flexibility index (Phi) is 4470. The van der Waals surface area contributed by atoms with Gasteiger partial charge in [0.2, 0.25) is 0 Å². The van der Waals surface area contributed by atoms with Gasteiger partial charge in [0.25, 0.3) is 0 Å². The van der Waals surface area contributed by atoms with Crippen molar-refractivity contribution in [2.75, 3.05) is 0 Å². The van der Waals surface area contributed by atoms with Gasteiger partial charge < -0.3 is 21.9 Å². The number of rotatable bonds is 0. The first-order valence-electron chi connectivity index (χ1n) is 0. The Morgan fingerprint density at radius 2 is 0.500 bits per heavy atom. The third kappa shape index (κ3) is 68.8. The van der Waals surface area contributed by atoms with Crippen LogP contribution in [0.4, 0.5) is 0 Å². The summed E-state index contributed by atoms with van der Waals surface area (Å²) in [5.41, 5.74) is 0. The molecule has 0 amide bonds. The van der Waals surface area contributed by atoms with E-state index in [9.17, 15) is 0 Å². The smallest absolute Gasteiger partial charge is 2.00 e. The second-order valence-electron chi connectivity index (χ2n) is 0. The molecule has 6 heavy (non-hydrogen) atoms. The van der Waals surface area contributed by atoms with Crippen molar-refractivity contribution in [3.63, 3.8) is 0 Å². The fourth-order valence-electron chi connectivity index (χ4n) is 0. The van der Waals surface area contributed by atoms with Crippen LogP contribution in [0.1, 0.15) is 0 Å². The van der Waals surface area contributed by atoms with Gasteiger partial charge in [-0.15, -0.1) is 0 Å². The van der Waals surface area contributed by atoms with E-state index >= 15 is 0 Å². The zero-order valence-corrected chi connectivity index (χ0v) is 7.26. The van der Waals surface area contributed by atoms with E-state index in [1.54, 1.807) is 0 Å². The van der Waals surface area contributed by atoms with E-state index in [0.29, 0.717) is 0 Å². The maximum atomic E-state index is 0. The molecule has 0 aliphatic heterocycles. The Labute approximate surface area is 61.9 Å². The monoisotopic (exact) mass is 449 g/mol. The van der Waals surface area contributed by atoms with E-state index in [-0.39, 0.29) is 61.8 Å². The summed E-state index contributed by atoms with van der Waals surface area (Å²) in [4.78, 5) is 0. The van der Waals surface area contributed by atoms with Crippen LogP contribution < -0.4 is 0 Å². The van der Waals surface area contributed by atoms with E-state index in [1.807, 2.05) is 0 Å². The molecular weight excluding hydrogens is 446 g/mol. The van der Waals surface area contributed by atoms with Crippen LogP contribution in [0.2, 0.25) is 0 Å². The van der Waals surface area contributed by atoms with Crippen LogP contribution in [-0.4, -0.2) is 0 Å². The van der Waals surface area contributed by atoms with Crippen molar-refractivity contribution in [3.05, 3.63) is 0 Å². The minimum atomic E-state index is 0. The molecule has 0 N–H and O–H groups in total. The molecule has 0 unspecified atom stereocenters. The Morgan fingerprint density at radius 3 is 0.500 bits per heavy atom. The summed E-state index contributed by atoms with van der Waals surface area (Å²) < 4.78 is 0. The minimum absolute atomic E-state index is 0. The van der Waals surface area contributed by atoms with E-state index in [2.05, 4.69) is 0 Å². The Bertz CT molecular complexity index is 7.51. The zero-order chi connectivity index (χ0) is 0. The van der Waals surface area contributed by atoms with Gasteiger partial charge in [0, 0.05) is 0 Å². The molecule has 0 heterocycles. The second-order valence-corrected chi connectivity index (χ2v) is 0. The van der Waals surface area contributed by atoms with E-state index in [1.165, 1.54) is 0 Å². The molecule has 0 aliphatic carbocycles. The third-order valence-corrected chi connectivity index (χ3v) is 0. The minimum Gasteiger partial charge on any atom is -2.00 e. The summed E-state index contributed by atoms with van der Waals surface area (Å²) in [6, 6.07) is 0. The number of hydrogen-bond acceptors (Lipinski definition) is 0. The van der Waals surface area contributed by atoms with Gasteiger partial charge in [-0.3, -0.25) is 0 Å². The zero-order valence-electron chi connectivity index (χ0n) is 2.32. The summed E-state index contributed by atoms with van der Waals surface area (Å²) in [5, 5.41) is 0. The fourth-order valence-corrected chi connectivity index (χ4v) is 0. The molecule has 0 aromatic rings. The van der Waals surface area contributed by atoms with Gasteiger partial charge in [0.15, 0.2) is 0 Å². The summed E-state index contributed by atoms with van der Waals surface area (Å²) in [6.07, 6.45) is 0. The van der Waals surface area contributed by atoms with E-state index in [4.69, 9.17) is 0 Å². The molecule has 1 radical (unpaired) electrons. The van der Waals surface area contributed by atoms with Crippen LogP contribution in [-0.2, 0) is 61.8 Å². The predicted octanol–water partition coefficient (Wildman–Crippen LogP) is -0.480. The Balaban J connectivity index is 0. The van der Waals surface area contributed by atoms with Crippen molar-refractivity contribution in [2.24, 2.45) is 0 Å². The van der Waals surface area contributed by atoms with Gasteiger partial charge in [-0.05, 0) is 0 Å². The van der Waals surface area contributed by atoms with Gasteiger partial charge in [-0.2, -0.15) is 0 Å². The van der Waals surface area contributed by atoms with Gasteiger partial charge in [0.05, 0.1) is 0 Å². The quantitative estimate of drug-likeness (QED) is 0.479. The molecule has 0 saturated heterocycles. The van der Waals surface area contributed by atoms with Crippen molar-refractivity contribution in [1.29, 1.82) is 0 Å². The Morgan fingerprint density at radius 1 is 0.500 bits per heavy atom. The van der Waals surface area contributed by atoms with Crippen molar-refractivity contribution < 1.29 is 61.8 Å². The van der Waals surface area contributed by atoms with Crippen LogP contribution in [0.15, 0.2) is 0 Å². The average Bonchev–Trinajstić information content (AvgIpc) is 0. The molecule has 0 fully saturated rings. The maximum Gasteiger partial charge on any atom is 4.00 e. The van der Waals surface area contributed by atoms with Gasteiger partial charge in [-0.25, -0.2) is 0 Å². The maximum absolute atomic E-state index is 0. The van der Waals surface area contributed by atoms with Crippen LogP contribution >= 0.6 is 0 Å². The van der Waals surface area contributed by atoms with Crippen LogP contribution in [0.5, 0.6) is 0 Å². The molecule has 0 rings (SSSR count). The summed E-state index contributed by atoms with van der Waals surface area (Å²) in [5.74, 6) is 0. The van der Waals surface area contributed by atoms with Gasteiger partial charge >= 0.3 is 39.9 Å². The van der Waals surface area contributed by atoms with Gasteiger partial charge in [-0.1, -0.05) is 0 Å². The van der Waals surface area contributed by atoms with Crippen LogP contribution in [0.25, 0.3) is 0 Å². The van der Waals surface area contributed by atoms with Crippen molar-refractivity contribution in [3.8, 4) is 0 Å². The Hall–Kier alpha value is 1.13. The first kappa shape index (κ1) is 211. The van der Waals surface area contributed by atoms with E-state index in [0.717, 1.165) is 0 Å². The molecular formula is IrO4Os. The topological polar surface area (TPSA) is 114 Å². The predicted molar refractivity (Wildman–Crippen MR) is 2.75 cm³/mol.